The second kappa shape index (κ2) is 7.15. The zero-order valence-electron chi connectivity index (χ0n) is 14.9. The molecule has 0 aliphatic heterocycles. The average Bonchev–Trinajstić information content (AvgIpc) is 2.56. The number of sulfonamides is 1. The van der Waals surface area contributed by atoms with Gasteiger partial charge >= 0.3 is 0 Å². The Hall–Kier alpha value is -1.89. The first kappa shape index (κ1) is 19.4. The van der Waals surface area contributed by atoms with Crippen LogP contribution in [0.1, 0.15) is 21.5 Å². The first-order valence-corrected chi connectivity index (χ1v) is 9.45. The molecule has 0 atom stereocenters. The summed E-state index contributed by atoms with van der Waals surface area (Å²) >= 11 is 6.17. The van der Waals surface area contributed by atoms with E-state index in [1.807, 2.05) is 32.0 Å². The summed E-state index contributed by atoms with van der Waals surface area (Å²) in [5, 5.41) is 0.208. The number of nitrogens with zero attached hydrogens (tertiary/aromatic N) is 2. The van der Waals surface area contributed by atoms with E-state index in [2.05, 4.69) is 0 Å². The lowest BCUT2D eigenvalue weighted by Crippen LogP contribution is -2.28. The van der Waals surface area contributed by atoms with E-state index in [1.165, 1.54) is 37.2 Å². The number of rotatable bonds is 4. The van der Waals surface area contributed by atoms with Crippen LogP contribution in [-0.4, -0.2) is 39.8 Å². The third kappa shape index (κ3) is 3.71. The van der Waals surface area contributed by atoms with Gasteiger partial charge in [0.15, 0.2) is 0 Å². The van der Waals surface area contributed by atoms with E-state index in [-0.39, 0.29) is 21.4 Å². The molecule has 0 aromatic heterocycles. The van der Waals surface area contributed by atoms with Crippen LogP contribution < -0.4 is 4.90 Å². The van der Waals surface area contributed by atoms with Gasteiger partial charge in [-0.25, -0.2) is 12.7 Å². The van der Waals surface area contributed by atoms with Crippen LogP contribution in [0.2, 0.25) is 5.02 Å². The summed E-state index contributed by atoms with van der Waals surface area (Å²) in [5.41, 5.74) is 2.94. The van der Waals surface area contributed by atoms with E-state index >= 15 is 0 Å². The van der Waals surface area contributed by atoms with Crippen molar-refractivity contribution in [2.24, 2.45) is 0 Å². The highest BCUT2D eigenvalue weighted by atomic mass is 35.5. The number of amides is 1. The predicted octanol–water partition coefficient (Wildman–Crippen LogP) is 3.48. The first-order chi connectivity index (χ1) is 11.6. The van der Waals surface area contributed by atoms with Crippen molar-refractivity contribution >= 4 is 33.2 Å². The van der Waals surface area contributed by atoms with Crippen molar-refractivity contribution in [3.63, 3.8) is 0 Å². The van der Waals surface area contributed by atoms with E-state index in [4.69, 9.17) is 11.6 Å². The molecule has 0 radical (unpaired) electrons. The van der Waals surface area contributed by atoms with E-state index < -0.39 is 10.0 Å². The number of halogens is 1. The molecule has 0 heterocycles. The van der Waals surface area contributed by atoms with Crippen LogP contribution in [0.5, 0.6) is 0 Å². The van der Waals surface area contributed by atoms with Gasteiger partial charge in [0.25, 0.3) is 5.91 Å². The van der Waals surface area contributed by atoms with Crippen molar-refractivity contribution in [2.75, 3.05) is 26.0 Å². The van der Waals surface area contributed by atoms with Crippen molar-refractivity contribution < 1.29 is 13.2 Å². The molecule has 0 unspecified atom stereocenters. The number of carbonyl (C=O) groups is 1. The topological polar surface area (TPSA) is 57.7 Å². The summed E-state index contributed by atoms with van der Waals surface area (Å²) in [7, 11) is 0.872. The van der Waals surface area contributed by atoms with Crippen LogP contribution in [0.25, 0.3) is 0 Å². The molecule has 0 fully saturated rings. The number of anilines is 1. The molecule has 0 saturated carbocycles. The second-order valence-corrected chi connectivity index (χ2v) is 8.57. The van der Waals surface area contributed by atoms with Crippen LogP contribution >= 0.6 is 11.6 Å². The van der Waals surface area contributed by atoms with Gasteiger partial charge < -0.3 is 4.90 Å². The van der Waals surface area contributed by atoms with Crippen LogP contribution in [0, 0.1) is 13.8 Å². The first-order valence-electron chi connectivity index (χ1n) is 7.63. The Morgan fingerprint density at radius 1 is 1.04 bits per heavy atom. The monoisotopic (exact) mass is 380 g/mol. The Labute approximate surface area is 153 Å². The molecule has 134 valence electrons. The fourth-order valence-electron chi connectivity index (χ4n) is 2.43. The summed E-state index contributed by atoms with van der Waals surface area (Å²) in [6.07, 6.45) is 0. The number of benzene rings is 2. The van der Waals surface area contributed by atoms with Crippen molar-refractivity contribution in [1.82, 2.24) is 4.31 Å². The Kier molecular flexibility index (Phi) is 5.56. The smallest absolute Gasteiger partial charge is 0.259 e. The minimum Gasteiger partial charge on any atom is -0.311 e. The third-order valence-electron chi connectivity index (χ3n) is 4.19. The molecule has 7 heteroatoms. The molecule has 1 amide bonds. The van der Waals surface area contributed by atoms with Crippen LogP contribution in [0.15, 0.2) is 41.3 Å². The molecule has 0 N–H and O–H groups in total. The summed E-state index contributed by atoms with van der Waals surface area (Å²) in [6, 6.07) is 9.83. The van der Waals surface area contributed by atoms with Gasteiger partial charge in [-0.3, -0.25) is 4.79 Å². The van der Waals surface area contributed by atoms with E-state index in [1.54, 1.807) is 7.05 Å². The van der Waals surface area contributed by atoms with Crippen LogP contribution in [0.3, 0.4) is 0 Å². The lowest BCUT2D eigenvalue weighted by molar-refractivity contribution is 0.0993. The van der Waals surface area contributed by atoms with Gasteiger partial charge in [0, 0.05) is 26.8 Å². The van der Waals surface area contributed by atoms with Crippen LogP contribution in [-0.2, 0) is 10.0 Å². The number of hydrogen-bond acceptors (Lipinski definition) is 3. The van der Waals surface area contributed by atoms with Gasteiger partial charge in [-0.1, -0.05) is 23.7 Å². The molecule has 25 heavy (non-hydrogen) atoms. The zero-order chi connectivity index (χ0) is 18.9. The fourth-order valence-corrected chi connectivity index (χ4v) is 3.56. The van der Waals surface area contributed by atoms with Gasteiger partial charge in [0.2, 0.25) is 10.0 Å². The Morgan fingerprint density at radius 3 is 2.28 bits per heavy atom. The summed E-state index contributed by atoms with van der Waals surface area (Å²) in [4.78, 5) is 14.4. The quantitative estimate of drug-likeness (QED) is 0.815. The molecular weight excluding hydrogens is 360 g/mol. The maximum Gasteiger partial charge on any atom is 0.259 e. The normalized spacial score (nSPS) is 11.6. The fraction of sp³-hybridized carbons (Fsp3) is 0.278. The minimum absolute atomic E-state index is 0.0274. The van der Waals surface area contributed by atoms with Crippen molar-refractivity contribution in [3.05, 3.63) is 58.1 Å². The minimum atomic E-state index is -3.65. The zero-order valence-corrected chi connectivity index (χ0v) is 16.4. The molecule has 0 spiro atoms. The number of aryl methyl sites for hydroxylation is 1. The van der Waals surface area contributed by atoms with Crippen molar-refractivity contribution in [3.8, 4) is 0 Å². The Morgan fingerprint density at radius 2 is 1.68 bits per heavy atom. The van der Waals surface area contributed by atoms with Crippen molar-refractivity contribution in [2.45, 2.75) is 18.7 Å². The summed E-state index contributed by atoms with van der Waals surface area (Å²) < 4.78 is 25.7. The average molecular weight is 381 g/mol. The van der Waals surface area contributed by atoms with Crippen molar-refractivity contribution in [1.29, 1.82) is 0 Å². The van der Waals surface area contributed by atoms with E-state index in [0.717, 1.165) is 21.1 Å². The van der Waals surface area contributed by atoms with Gasteiger partial charge in [0.05, 0.1) is 15.5 Å². The van der Waals surface area contributed by atoms with E-state index in [0.29, 0.717) is 0 Å². The lowest BCUT2D eigenvalue weighted by atomic mass is 10.1. The van der Waals surface area contributed by atoms with Gasteiger partial charge in [-0.15, -0.1) is 0 Å². The predicted molar refractivity (Wildman–Crippen MR) is 101 cm³/mol. The standard InChI is InChI=1S/C18H21ClN2O3S/c1-12-7-6-8-17(13(12)2)21(5)18(22)15-11-14(9-10-16(15)19)25(23,24)20(3)4/h6-11H,1-5H3. The maximum absolute atomic E-state index is 12.9. The van der Waals surface area contributed by atoms with Gasteiger partial charge in [-0.2, -0.15) is 0 Å². The molecule has 0 bridgehead atoms. The highest BCUT2D eigenvalue weighted by molar-refractivity contribution is 7.89. The molecule has 0 aliphatic carbocycles. The summed E-state index contributed by atoms with van der Waals surface area (Å²) in [5.74, 6) is -0.366. The molecule has 0 aliphatic rings. The third-order valence-corrected chi connectivity index (χ3v) is 6.33. The van der Waals surface area contributed by atoms with E-state index in [9.17, 15) is 13.2 Å². The molecule has 0 saturated heterocycles. The van der Waals surface area contributed by atoms with Crippen LogP contribution in [0.4, 0.5) is 5.69 Å². The molecule has 2 rings (SSSR count). The highest BCUT2D eigenvalue weighted by Crippen LogP contribution is 2.27. The number of hydrogen-bond donors (Lipinski definition) is 0. The molecule has 2 aromatic carbocycles. The Balaban J connectivity index is 2.51. The summed E-state index contributed by atoms with van der Waals surface area (Å²) in [6.45, 7) is 3.90. The van der Waals surface area contributed by atoms with Gasteiger partial charge in [0.1, 0.15) is 0 Å². The van der Waals surface area contributed by atoms with Gasteiger partial charge in [-0.05, 0) is 49.2 Å². The molecular formula is C18H21ClN2O3S. The lowest BCUT2D eigenvalue weighted by Gasteiger charge is -2.22. The largest absolute Gasteiger partial charge is 0.311 e. The second-order valence-electron chi connectivity index (χ2n) is 6.01. The molecule has 5 nitrogen and oxygen atoms in total. The number of carbonyl (C=O) groups excluding carboxylic acids is 1. The maximum atomic E-state index is 12.9. The SMILES string of the molecule is Cc1cccc(N(C)C(=O)c2cc(S(=O)(=O)N(C)C)ccc2Cl)c1C. The Bertz CT molecular complexity index is 924. The highest BCUT2D eigenvalue weighted by Gasteiger charge is 2.23. The molecule has 2 aromatic rings.